The van der Waals surface area contributed by atoms with Gasteiger partial charge in [-0.05, 0) is 43.7 Å². The molecule has 20 heavy (non-hydrogen) atoms. The third-order valence-electron chi connectivity index (χ3n) is 2.93. The average molecular weight is 271 g/mol. The van der Waals surface area contributed by atoms with Crippen LogP contribution in [0.5, 0.6) is 5.75 Å². The molecule has 0 aliphatic heterocycles. The summed E-state index contributed by atoms with van der Waals surface area (Å²) >= 11 is 0. The van der Waals surface area contributed by atoms with E-state index in [4.69, 9.17) is 0 Å². The highest BCUT2D eigenvalue weighted by Crippen LogP contribution is 2.22. The number of anilines is 1. The maximum atomic E-state index is 12.0. The number of phenols is 1. The van der Waals surface area contributed by atoms with E-state index in [1.54, 1.807) is 48.8 Å². The lowest BCUT2D eigenvalue weighted by molar-refractivity contribution is 0.242. The minimum atomic E-state index is -0.556. The summed E-state index contributed by atoms with van der Waals surface area (Å²) in [5.41, 5.74) is 0.975. The highest BCUT2D eigenvalue weighted by Gasteiger charge is 2.22. The fourth-order valence-electron chi connectivity index (χ4n) is 1.83. The van der Waals surface area contributed by atoms with Crippen LogP contribution in [0.3, 0.4) is 0 Å². The Balaban J connectivity index is 2.04. The van der Waals surface area contributed by atoms with Crippen LogP contribution in [0.1, 0.15) is 19.4 Å². The molecule has 2 amide bonds. The molecule has 0 bridgehead atoms. The molecule has 0 spiro atoms. The zero-order chi connectivity index (χ0) is 14.6. The number of urea groups is 1. The second-order valence-electron chi connectivity index (χ2n) is 4.99. The number of aromatic hydroxyl groups is 1. The van der Waals surface area contributed by atoms with Crippen LogP contribution in [0.2, 0.25) is 0 Å². The van der Waals surface area contributed by atoms with Gasteiger partial charge in [-0.25, -0.2) is 4.79 Å². The Morgan fingerprint density at radius 2 is 1.90 bits per heavy atom. The third-order valence-corrected chi connectivity index (χ3v) is 2.93. The summed E-state index contributed by atoms with van der Waals surface area (Å²) < 4.78 is 0. The van der Waals surface area contributed by atoms with Crippen LogP contribution < -0.4 is 10.6 Å². The van der Waals surface area contributed by atoms with Gasteiger partial charge in [0, 0.05) is 6.20 Å². The van der Waals surface area contributed by atoms with Crippen molar-refractivity contribution in [2.75, 3.05) is 5.32 Å². The van der Waals surface area contributed by atoms with Gasteiger partial charge in [-0.15, -0.1) is 0 Å². The Labute approximate surface area is 117 Å². The Hall–Kier alpha value is -2.56. The van der Waals surface area contributed by atoms with E-state index < -0.39 is 5.54 Å². The summed E-state index contributed by atoms with van der Waals surface area (Å²) in [6.45, 7) is 3.78. The lowest BCUT2D eigenvalue weighted by atomic mass is 9.94. The summed E-state index contributed by atoms with van der Waals surface area (Å²) in [5.74, 6) is 0.198. The van der Waals surface area contributed by atoms with E-state index in [1.165, 1.54) is 0 Å². The smallest absolute Gasteiger partial charge is 0.319 e. The third kappa shape index (κ3) is 3.47. The van der Waals surface area contributed by atoms with Gasteiger partial charge in [0.1, 0.15) is 5.75 Å². The van der Waals surface area contributed by atoms with Crippen LogP contribution in [0, 0.1) is 0 Å². The molecule has 0 unspecified atom stereocenters. The molecule has 2 rings (SSSR count). The van der Waals surface area contributed by atoms with Crippen LogP contribution in [-0.2, 0) is 5.54 Å². The minimum Gasteiger partial charge on any atom is -0.508 e. The van der Waals surface area contributed by atoms with Crippen molar-refractivity contribution in [2.45, 2.75) is 19.4 Å². The summed E-state index contributed by atoms with van der Waals surface area (Å²) in [4.78, 5) is 15.9. The Morgan fingerprint density at radius 3 is 2.50 bits per heavy atom. The van der Waals surface area contributed by atoms with Crippen molar-refractivity contribution in [1.82, 2.24) is 10.3 Å². The van der Waals surface area contributed by atoms with Crippen molar-refractivity contribution >= 4 is 11.7 Å². The van der Waals surface area contributed by atoms with E-state index in [2.05, 4.69) is 15.6 Å². The minimum absolute atomic E-state index is 0.198. The molecule has 5 heteroatoms. The van der Waals surface area contributed by atoms with Gasteiger partial charge in [-0.1, -0.05) is 12.1 Å². The van der Waals surface area contributed by atoms with Crippen molar-refractivity contribution < 1.29 is 9.90 Å². The van der Waals surface area contributed by atoms with Gasteiger partial charge in [-0.3, -0.25) is 4.98 Å². The van der Waals surface area contributed by atoms with Crippen LogP contribution in [0.15, 0.2) is 48.8 Å². The number of nitrogens with zero attached hydrogens (tertiary/aromatic N) is 1. The van der Waals surface area contributed by atoms with Crippen molar-refractivity contribution in [2.24, 2.45) is 0 Å². The number of carbonyl (C=O) groups excluding carboxylic acids is 1. The lowest BCUT2D eigenvalue weighted by Gasteiger charge is -2.27. The second-order valence-corrected chi connectivity index (χ2v) is 4.99. The summed E-state index contributed by atoms with van der Waals surface area (Å²) in [5, 5.41) is 14.9. The highest BCUT2D eigenvalue weighted by atomic mass is 16.3. The van der Waals surface area contributed by atoms with Crippen LogP contribution >= 0.6 is 0 Å². The average Bonchev–Trinajstić information content (AvgIpc) is 2.39. The van der Waals surface area contributed by atoms with Crippen molar-refractivity contribution in [1.29, 1.82) is 0 Å². The van der Waals surface area contributed by atoms with Gasteiger partial charge >= 0.3 is 6.03 Å². The highest BCUT2D eigenvalue weighted by molar-refractivity contribution is 5.89. The maximum Gasteiger partial charge on any atom is 0.319 e. The quantitative estimate of drug-likeness (QED) is 0.803. The standard InChI is InChI=1S/C15H17N3O2/c1-15(2,11-5-7-13(19)8-6-11)18-14(20)17-12-4-3-9-16-10-12/h3-10,19H,1-2H3,(H2,17,18,20). The molecular formula is C15H17N3O2. The zero-order valence-corrected chi connectivity index (χ0v) is 11.4. The molecule has 1 aromatic carbocycles. The van der Waals surface area contributed by atoms with E-state index in [1.807, 2.05) is 13.8 Å². The SMILES string of the molecule is CC(C)(NC(=O)Nc1cccnc1)c1ccc(O)cc1. The topological polar surface area (TPSA) is 74.2 Å². The molecular weight excluding hydrogens is 254 g/mol. The predicted octanol–water partition coefficient (Wildman–Crippen LogP) is 2.84. The number of nitrogens with one attached hydrogen (secondary N) is 2. The van der Waals surface area contributed by atoms with Crippen molar-refractivity contribution in [3.63, 3.8) is 0 Å². The predicted molar refractivity (Wildman–Crippen MR) is 77.5 cm³/mol. The fraction of sp³-hybridized carbons (Fsp3) is 0.200. The van der Waals surface area contributed by atoms with E-state index in [0.29, 0.717) is 5.69 Å². The number of hydrogen-bond donors (Lipinski definition) is 3. The molecule has 2 aromatic rings. The molecule has 0 aliphatic rings. The Kier molecular flexibility index (Phi) is 3.89. The summed E-state index contributed by atoms with van der Waals surface area (Å²) in [7, 11) is 0. The lowest BCUT2D eigenvalue weighted by Crippen LogP contribution is -2.43. The molecule has 0 fully saturated rings. The molecule has 1 aromatic heterocycles. The molecule has 5 nitrogen and oxygen atoms in total. The number of benzene rings is 1. The first-order chi connectivity index (χ1) is 9.47. The first-order valence-corrected chi connectivity index (χ1v) is 6.26. The molecule has 3 N–H and O–H groups in total. The number of rotatable bonds is 3. The van der Waals surface area contributed by atoms with Crippen LogP contribution in [0.25, 0.3) is 0 Å². The number of phenolic OH excluding ortho intramolecular Hbond substituents is 1. The largest absolute Gasteiger partial charge is 0.508 e. The van der Waals surface area contributed by atoms with E-state index in [-0.39, 0.29) is 11.8 Å². The number of carbonyl (C=O) groups is 1. The maximum absolute atomic E-state index is 12.0. The van der Waals surface area contributed by atoms with Gasteiger partial charge in [0.15, 0.2) is 0 Å². The monoisotopic (exact) mass is 271 g/mol. The molecule has 0 atom stereocenters. The summed E-state index contributed by atoms with van der Waals surface area (Å²) in [6, 6.07) is 9.95. The number of amides is 2. The van der Waals surface area contributed by atoms with E-state index in [9.17, 15) is 9.90 Å². The molecule has 0 saturated carbocycles. The zero-order valence-electron chi connectivity index (χ0n) is 11.4. The molecule has 0 radical (unpaired) electrons. The normalized spacial score (nSPS) is 10.9. The van der Waals surface area contributed by atoms with Crippen molar-refractivity contribution in [3.8, 4) is 5.75 Å². The molecule has 0 saturated heterocycles. The van der Waals surface area contributed by atoms with E-state index in [0.717, 1.165) is 5.56 Å². The second kappa shape index (κ2) is 5.61. The molecule has 1 heterocycles. The van der Waals surface area contributed by atoms with Gasteiger partial charge in [-0.2, -0.15) is 0 Å². The Morgan fingerprint density at radius 1 is 1.20 bits per heavy atom. The fourth-order valence-corrected chi connectivity index (χ4v) is 1.83. The van der Waals surface area contributed by atoms with Gasteiger partial charge < -0.3 is 15.7 Å². The van der Waals surface area contributed by atoms with Gasteiger partial charge in [0.25, 0.3) is 0 Å². The first-order valence-electron chi connectivity index (χ1n) is 6.26. The number of pyridine rings is 1. The van der Waals surface area contributed by atoms with Gasteiger partial charge in [0.2, 0.25) is 0 Å². The van der Waals surface area contributed by atoms with Crippen molar-refractivity contribution in [3.05, 3.63) is 54.4 Å². The first kappa shape index (κ1) is 13.9. The van der Waals surface area contributed by atoms with E-state index >= 15 is 0 Å². The number of hydrogen-bond acceptors (Lipinski definition) is 3. The molecule has 104 valence electrons. The molecule has 0 aliphatic carbocycles. The van der Waals surface area contributed by atoms with Crippen LogP contribution in [0.4, 0.5) is 10.5 Å². The Bertz CT molecular complexity index is 580. The summed E-state index contributed by atoms with van der Waals surface area (Å²) in [6.07, 6.45) is 3.22. The van der Waals surface area contributed by atoms with Gasteiger partial charge in [0.05, 0.1) is 17.4 Å². The number of aromatic nitrogens is 1. The van der Waals surface area contributed by atoms with Crippen LogP contribution in [-0.4, -0.2) is 16.1 Å².